The summed E-state index contributed by atoms with van der Waals surface area (Å²) in [5.41, 5.74) is 1.24. The highest BCUT2D eigenvalue weighted by Crippen LogP contribution is 2.12. The van der Waals surface area contributed by atoms with Crippen molar-refractivity contribution >= 4 is 21.6 Å². The highest BCUT2D eigenvalue weighted by molar-refractivity contribution is 7.92. The normalized spacial score (nSPS) is 12.8. The third-order valence-corrected chi connectivity index (χ3v) is 3.22. The first-order chi connectivity index (χ1) is 8.80. The van der Waals surface area contributed by atoms with Gasteiger partial charge in [0.25, 0.3) is 0 Å². The average molecular weight is 284 g/mol. The molecule has 19 heavy (non-hydrogen) atoms. The van der Waals surface area contributed by atoms with Crippen molar-refractivity contribution in [3.8, 4) is 0 Å². The van der Waals surface area contributed by atoms with Gasteiger partial charge in [0.1, 0.15) is 0 Å². The smallest absolute Gasteiger partial charge is 0.229 e. The molecule has 1 aromatic rings. The topological polar surface area (TPSA) is 75.3 Å². The van der Waals surface area contributed by atoms with Gasteiger partial charge in [-0.25, -0.2) is 8.42 Å². The Labute approximate surface area is 114 Å². The van der Waals surface area contributed by atoms with Gasteiger partial charge in [-0.1, -0.05) is 19.1 Å². The third kappa shape index (κ3) is 6.24. The van der Waals surface area contributed by atoms with Crippen molar-refractivity contribution in [2.45, 2.75) is 32.7 Å². The summed E-state index contributed by atoms with van der Waals surface area (Å²) in [7, 11) is -3.30. The van der Waals surface area contributed by atoms with Gasteiger partial charge >= 0.3 is 0 Å². The molecule has 0 aromatic heterocycles. The number of hydrogen-bond donors (Lipinski definition) is 2. The fraction of sp³-hybridized carbons (Fsp3) is 0.462. The molecule has 0 fully saturated rings. The lowest BCUT2D eigenvalue weighted by Gasteiger charge is -2.11. The third-order valence-electron chi connectivity index (χ3n) is 2.61. The zero-order valence-corrected chi connectivity index (χ0v) is 12.3. The molecule has 1 atom stereocenters. The van der Waals surface area contributed by atoms with Gasteiger partial charge in [-0.15, -0.1) is 0 Å². The molecule has 6 heteroatoms. The first-order valence-electron chi connectivity index (χ1n) is 6.16. The summed E-state index contributed by atoms with van der Waals surface area (Å²) >= 11 is 0. The Hall–Kier alpha value is -1.56. The Morgan fingerprint density at radius 1 is 1.37 bits per heavy atom. The lowest BCUT2D eigenvalue weighted by Crippen LogP contribution is -2.33. The van der Waals surface area contributed by atoms with Crippen LogP contribution in [0.1, 0.15) is 25.8 Å². The van der Waals surface area contributed by atoms with E-state index in [4.69, 9.17) is 0 Å². The van der Waals surface area contributed by atoms with Crippen LogP contribution in [0.3, 0.4) is 0 Å². The molecule has 0 saturated carbocycles. The van der Waals surface area contributed by atoms with Crippen molar-refractivity contribution in [2.24, 2.45) is 0 Å². The molecule has 0 radical (unpaired) electrons. The maximum atomic E-state index is 11.7. The Balaban J connectivity index is 2.69. The van der Waals surface area contributed by atoms with Crippen molar-refractivity contribution in [3.05, 3.63) is 29.8 Å². The van der Waals surface area contributed by atoms with E-state index in [2.05, 4.69) is 10.0 Å². The van der Waals surface area contributed by atoms with E-state index in [9.17, 15) is 13.2 Å². The molecule has 1 unspecified atom stereocenters. The van der Waals surface area contributed by atoms with Crippen molar-refractivity contribution in [2.75, 3.05) is 11.0 Å². The average Bonchev–Trinajstić information content (AvgIpc) is 2.26. The Morgan fingerprint density at radius 2 is 2.05 bits per heavy atom. The minimum absolute atomic E-state index is 0.0640. The summed E-state index contributed by atoms with van der Waals surface area (Å²) in [6.07, 6.45) is 2.21. The number of rotatable bonds is 6. The van der Waals surface area contributed by atoms with Gasteiger partial charge in [-0.05, 0) is 31.0 Å². The van der Waals surface area contributed by atoms with Crippen LogP contribution in [0.2, 0.25) is 0 Å². The van der Waals surface area contributed by atoms with Crippen molar-refractivity contribution in [3.63, 3.8) is 0 Å². The SMILES string of the molecule is CCC(C)NC(=O)Cc1cccc(NS(C)(=O)=O)c1. The summed E-state index contributed by atoms with van der Waals surface area (Å²) in [5, 5.41) is 2.87. The summed E-state index contributed by atoms with van der Waals surface area (Å²) in [4.78, 5) is 11.7. The molecular formula is C13H20N2O3S. The van der Waals surface area contributed by atoms with Crippen LogP contribution in [-0.2, 0) is 21.2 Å². The summed E-state index contributed by atoms with van der Waals surface area (Å²) < 4.78 is 24.6. The zero-order chi connectivity index (χ0) is 14.5. The number of anilines is 1. The summed E-state index contributed by atoms with van der Waals surface area (Å²) in [5.74, 6) is -0.0640. The lowest BCUT2D eigenvalue weighted by atomic mass is 10.1. The van der Waals surface area contributed by atoms with Crippen LogP contribution in [-0.4, -0.2) is 26.6 Å². The molecule has 0 bridgehead atoms. The monoisotopic (exact) mass is 284 g/mol. The Morgan fingerprint density at radius 3 is 2.63 bits per heavy atom. The van der Waals surface area contributed by atoms with E-state index >= 15 is 0 Å². The summed E-state index contributed by atoms with van der Waals surface area (Å²) in [6.45, 7) is 3.95. The van der Waals surface area contributed by atoms with Crippen LogP contribution in [0.4, 0.5) is 5.69 Å². The van der Waals surface area contributed by atoms with Crippen molar-refractivity contribution in [1.29, 1.82) is 0 Å². The number of amides is 1. The van der Waals surface area contributed by atoms with Crippen LogP contribution in [0.15, 0.2) is 24.3 Å². The Kier molecular flexibility index (Phi) is 5.35. The number of nitrogens with one attached hydrogen (secondary N) is 2. The fourth-order valence-electron chi connectivity index (χ4n) is 1.57. The number of sulfonamides is 1. The molecular weight excluding hydrogens is 264 g/mol. The molecule has 1 amide bonds. The molecule has 2 N–H and O–H groups in total. The number of benzene rings is 1. The highest BCUT2D eigenvalue weighted by Gasteiger charge is 2.08. The van der Waals surface area contributed by atoms with E-state index < -0.39 is 10.0 Å². The Bertz CT molecular complexity index is 541. The van der Waals surface area contributed by atoms with E-state index in [1.54, 1.807) is 24.3 Å². The molecule has 0 aliphatic rings. The molecule has 0 aliphatic heterocycles. The molecule has 1 aromatic carbocycles. The van der Waals surface area contributed by atoms with Gasteiger partial charge in [-0.2, -0.15) is 0 Å². The van der Waals surface area contributed by atoms with Gasteiger partial charge in [0.15, 0.2) is 0 Å². The molecule has 0 aliphatic carbocycles. The van der Waals surface area contributed by atoms with Crippen molar-refractivity contribution < 1.29 is 13.2 Å². The predicted octanol–water partition coefficient (Wildman–Crippen LogP) is 1.52. The van der Waals surface area contributed by atoms with Gasteiger partial charge in [-0.3, -0.25) is 9.52 Å². The first kappa shape index (κ1) is 15.5. The van der Waals surface area contributed by atoms with Gasteiger partial charge in [0.2, 0.25) is 15.9 Å². The molecule has 106 valence electrons. The van der Waals surface area contributed by atoms with E-state index in [0.29, 0.717) is 5.69 Å². The minimum atomic E-state index is -3.30. The van der Waals surface area contributed by atoms with E-state index in [0.717, 1.165) is 18.2 Å². The van der Waals surface area contributed by atoms with Crippen LogP contribution >= 0.6 is 0 Å². The quantitative estimate of drug-likeness (QED) is 0.831. The predicted molar refractivity (Wildman–Crippen MR) is 76.5 cm³/mol. The second kappa shape index (κ2) is 6.56. The van der Waals surface area contributed by atoms with Crippen LogP contribution in [0.25, 0.3) is 0 Å². The molecule has 1 rings (SSSR count). The lowest BCUT2D eigenvalue weighted by molar-refractivity contribution is -0.121. The number of carbonyl (C=O) groups is 1. The first-order valence-corrected chi connectivity index (χ1v) is 8.05. The van der Waals surface area contributed by atoms with Crippen LogP contribution in [0, 0.1) is 0 Å². The van der Waals surface area contributed by atoms with Crippen molar-refractivity contribution in [1.82, 2.24) is 5.32 Å². The highest BCUT2D eigenvalue weighted by atomic mass is 32.2. The summed E-state index contributed by atoms with van der Waals surface area (Å²) in [6, 6.07) is 6.97. The second-order valence-electron chi connectivity index (χ2n) is 4.63. The van der Waals surface area contributed by atoms with E-state index in [-0.39, 0.29) is 18.4 Å². The maximum Gasteiger partial charge on any atom is 0.229 e. The molecule has 5 nitrogen and oxygen atoms in total. The van der Waals surface area contributed by atoms with E-state index in [1.165, 1.54) is 0 Å². The maximum absolute atomic E-state index is 11.7. The van der Waals surface area contributed by atoms with Gasteiger partial charge in [0.05, 0.1) is 12.7 Å². The largest absolute Gasteiger partial charge is 0.353 e. The van der Waals surface area contributed by atoms with E-state index in [1.807, 2.05) is 13.8 Å². The minimum Gasteiger partial charge on any atom is -0.353 e. The second-order valence-corrected chi connectivity index (χ2v) is 6.38. The molecule has 0 heterocycles. The fourth-order valence-corrected chi connectivity index (χ4v) is 2.13. The number of carbonyl (C=O) groups excluding carboxylic acids is 1. The van der Waals surface area contributed by atoms with Gasteiger partial charge in [0, 0.05) is 11.7 Å². The molecule has 0 saturated heterocycles. The standard InChI is InChI=1S/C13H20N2O3S/c1-4-10(2)14-13(16)9-11-6-5-7-12(8-11)15-19(3,17)18/h5-8,10,15H,4,9H2,1-3H3,(H,14,16). The van der Waals surface area contributed by atoms with Gasteiger partial charge < -0.3 is 5.32 Å². The number of hydrogen-bond acceptors (Lipinski definition) is 3. The zero-order valence-electron chi connectivity index (χ0n) is 11.4. The molecule has 0 spiro atoms. The van der Waals surface area contributed by atoms with Crippen LogP contribution < -0.4 is 10.0 Å². The van der Waals surface area contributed by atoms with Crippen LogP contribution in [0.5, 0.6) is 0 Å².